The smallest absolute Gasteiger partial charge is 0.190 e. The highest BCUT2D eigenvalue weighted by Crippen LogP contribution is 2.25. The SMILES string of the molecule is CCOCCCNC(=NC)NCCC1CCCCC1. The Balaban J connectivity index is 2.01. The summed E-state index contributed by atoms with van der Waals surface area (Å²) in [5.41, 5.74) is 0. The second-order valence-electron chi connectivity index (χ2n) is 5.27. The highest BCUT2D eigenvalue weighted by molar-refractivity contribution is 5.79. The van der Waals surface area contributed by atoms with E-state index in [1.807, 2.05) is 14.0 Å². The molecule has 0 amide bonds. The topological polar surface area (TPSA) is 45.6 Å². The van der Waals surface area contributed by atoms with Crippen LogP contribution in [-0.2, 0) is 4.74 Å². The van der Waals surface area contributed by atoms with E-state index in [1.54, 1.807) is 0 Å². The van der Waals surface area contributed by atoms with Crippen LogP contribution in [0.5, 0.6) is 0 Å². The molecule has 0 radical (unpaired) electrons. The fourth-order valence-electron chi connectivity index (χ4n) is 2.62. The van der Waals surface area contributed by atoms with Gasteiger partial charge in [-0.1, -0.05) is 32.1 Å². The molecule has 0 unspecified atom stereocenters. The Kier molecular flexibility index (Phi) is 9.51. The molecule has 1 fully saturated rings. The van der Waals surface area contributed by atoms with E-state index in [4.69, 9.17) is 4.74 Å². The molecule has 0 spiro atoms. The van der Waals surface area contributed by atoms with Crippen LogP contribution in [0.15, 0.2) is 4.99 Å². The van der Waals surface area contributed by atoms with E-state index in [1.165, 1.54) is 38.5 Å². The average molecular weight is 269 g/mol. The number of ether oxygens (including phenoxy) is 1. The molecule has 4 heteroatoms. The van der Waals surface area contributed by atoms with Crippen molar-refractivity contribution in [3.05, 3.63) is 0 Å². The summed E-state index contributed by atoms with van der Waals surface area (Å²) in [6.07, 6.45) is 9.43. The van der Waals surface area contributed by atoms with Gasteiger partial charge < -0.3 is 15.4 Å². The van der Waals surface area contributed by atoms with Crippen LogP contribution >= 0.6 is 0 Å². The van der Waals surface area contributed by atoms with Crippen LogP contribution in [0.2, 0.25) is 0 Å². The van der Waals surface area contributed by atoms with Gasteiger partial charge >= 0.3 is 0 Å². The van der Waals surface area contributed by atoms with Crippen molar-refractivity contribution in [1.82, 2.24) is 10.6 Å². The minimum Gasteiger partial charge on any atom is -0.382 e. The standard InChI is InChI=1S/C15H31N3O/c1-3-19-13-7-11-17-15(16-2)18-12-10-14-8-5-4-6-9-14/h14H,3-13H2,1-2H3,(H2,16,17,18). The molecule has 0 heterocycles. The zero-order valence-corrected chi connectivity index (χ0v) is 12.7. The number of hydrogen-bond acceptors (Lipinski definition) is 2. The van der Waals surface area contributed by atoms with Crippen molar-refractivity contribution in [3.63, 3.8) is 0 Å². The van der Waals surface area contributed by atoms with Crippen molar-refractivity contribution in [3.8, 4) is 0 Å². The van der Waals surface area contributed by atoms with Crippen molar-refractivity contribution in [2.75, 3.05) is 33.4 Å². The number of nitrogens with one attached hydrogen (secondary N) is 2. The number of rotatable bonds is 8. The van der Waals surface area contributed by atoms with Gasteiger partial charge in [-0.15, -0.1) is 0 Å². The lowest BCUT2D eigenvalue weighted by atomic mass is 9.87. The maximum absolute atomic E-state index is 5.31. The third-order valence-electron chi connectivity index (χ3n) is 3.76. The summed E-state index contributed by atoms with van der Waals surface area (Å²) in [6.45, 7) is 5.61. The number of aliphatic imine (C=N–C) groups is 1. The van der Waals surface area contributed by atoms with Crippen LogP contribution in [0, 0.1) is 5.92 Å². The van der Waals surface area contributed by atoms with E-state index < -0.39 is 0 Å². The first-order valence-corrected chi connectivity index (χ1v) is 7.89. The molecule has 0 aromatic heterocycles. The van der Waals surface area contributed by atoms with Crippen LogP contribution in [0.25, 0.3) is 0 Å². The molecule has 1 rings (SSSR count). The van der Waals surface area contributed by atoms with Gasteiger partial charge in [0.05, 0.1) is 0 Å². The third kappa shape index (κ3) is 8.09. The predicted octanol–water partition coefficient (Wildman–Crippen LogP) is 2.55. The second-order valence-corrected chi connectivity index (χ2v) is 5.27. The molecule has 1 aliphatic carbocycles. The molecule has 1 saturated carbocycles. The molecule has 1 aliphatic rings. The molecule has 0 aliphatic heterocycles. The van der Waals surface area contributed by atoms with Crippen molar-refractivity contribution < 1.29 is 4.74 Å². The molecule has 0 aromatic carbocycles. The van der Waals surface area contributed by atoms with Gasteiger partial charge in [-0.3, -0.25) is 4.99 Å². The Morgan fingerprint density at radius 2 is 1.89 bits per heavy atom. The lowest BCUT2D eigenvalue weighted by Gasteiger charge is -2.22. The Labute approximate surface area is 118 Å². The molecular formula is C15H31N3O. The fourth-order valence-corrected chi connectivity index (χ4v) is 2.62. The predicted molar refractivity (Wildman–Crippen MR) is 81.7 cm³/mol. The van der Waals surface area contributed by atoms with Gasteiger partial charge in [-0.25, -0.2) is 0 Å². The summed E-state index contributed by atoms with van der Waals surface area (Å²) in [6, 6.07) is 0. The summed E-state index contributed by atoms with van der Waals surface area (Å²) in [5.74, 6) is 1.85. The van der Waals surface area contributed by atoms with E-state index in [9.17, 15) is 0 Å². The Morgan fingerprint density at radius 3 is 2.58 bits per heavy atom. The molecule has 2 N–H and O–H groups in total. The first-order valence-electron chi connectivity index (χ1n) is 7.89. The molecule has 0 aromatic rings. The van der Waals surface area contributed by atoms with Crippen LogP contribution in [-0.4, -0.2) is 39.3 Å². The van der Waals surface area contributed by atoms with Gasteiger partial charge in [-0.2, -0.15) is 0 Å². The largest absolute Gasteiger partial charge is 0.382 e. The van der Waals surface area contributed by atoms with Crippen LogP contribution in [0.1, 0.15) is 51.9 Å². The maximum Gasteiger partial charge on any atom is 0.190 e. The summed E-state index contributed by atoms with van der Waals surface area (Å²) in [7, 11) is 1.83. The van der Waals surface area contributed by atoms with Gasteiger partial charge in [0.25, 0.3) is 0 Å². The Bertz CT molecular complexity index is 238. The highest BCUT2D eigenvalue weighted by atomic mass is 16.5. The lowest BCUT2D eigenvalue weighted by Crippen LogP contribution is -2.39. The summed E-state index contributed by atoms with van der Waals surface area (Å²) in [5, 5.41) is 6.73. The van der Waals surface area contributed by atoms with Crippen molar-refractivity contribution >= 4 is 5.96 Å². The summed E-state index contributed by atoms with van der Waals surface area (Å²) in [4.78, 5) is 4.24. The summed E-state index contributed by atoms with van der Waals surface area (Å²) < 4.78 is 5.31. The number of nitrogens with zero attached hydrogens (tertiary/aromatic N) is 1. The second kappa shape index (κ2) is 11.1. The van der Waals surface area contributed by atoms with Crippen molar-refractivity contribution in [1.29, 1.82) is 0 Å². The molecule has 19 heavy (non-hydrogen) atoms. The normalized spacial score (nSPS) is 17.5. The van der Waals surface area contributed by atoms with Crippen LogP contribution < -0.4 is 10.6 Å². The highest BCUT2D eigenvalue weighted by Gasteiger charge is 2.12. The third-order valence-corrected chi connectivity index (χ3v) is 3.76. The zero-order chi connectivity index (χ0) is 13.8. The van der Waals surface area contributed by atoms with Gasteiger partial charge in [0, 0.05) is 33.4 Å². The van der Waals surface area contributed by atoms with E-state index in [-0.39, 0.29) is 0 Å². The van der Waals surface area contributed by atoms with E-state index in [2.05, 4.69) is 15.6 Å². The van der Waals surface area contributed by atoms with E-state index >= 15 is 0 Å². The maximum atomic E-state index is 5.31. The van der Waals surface area contributed by atoms with Gasteiger partial charge in [0.15, 0.2) is 5.96 Å². The Morgan fingerprint density at radius 1 is 1.16 bits per heavy atom. The zero-order valence-electron chi connectivity index (χ0n) is 12.7. The van der Waals surface area contributed by atoms with Gasteiger partial charge in [0.1, 0.15) is 0 Å². The fraction of sp³-hybridized carbons (Fsp3) is 0.933. The number of hydrogen-bond donors (Lipinski definition) is 2. The van der Waals surface area contributed by atoms with Gasteiger partial charge in [-0.05, 0) is 25.7 Å². The molecule has 0 bridgehead atoms. The average Bonchev–Trinajstić information content (AvgIpc) is 2.46. The molecular weight excluding hydrogens is 238 g/mol. The minimum absolute atomic E-state index is 0.800. The Hall–Kier alpha value is -0.770. The van der Waals surface area contributed by atoms with Crippen molar-refractivity contribution in [2.24, 2.45) is 10.9 Å². The molecule has 4 nitrogen and oxygen atoms in total. The van der Waals surface area contributed by atoms with Crippen LogP contribution in [0.4, 0.5) is 0 Å². The van der Waals surface area contributed by atoms with Crippen LogP contribution in [0.3, 0.4) is 0 Å². The van der Waals surface area contributed by atoms with E-state index in [0.29, 0.717) is 0 Å². The molecule has 0 atom stereocenters. The number of guanidine groups is 1. The lowest BCUT2D eigenvalue weighted by molar-refractivity contribution is 0.145. The molecule has 112 valence electrons. The van der Waals surface area contributed by atoms with E-state index in [0.717, 1.165) is 44.6 Å². The summed E-state index contributed by atoms with van der Waals surface area (Å²) >= 11 is 0. The first-order chi connectivity index (χ1) is 9.36. The minimum atomic E-state index is 0.800. The van der Waals surface area contributed by atoms with Crippen molar-refractivity contribution in [2.45, 2.75) is 51.9 Å². The molecule has 0 saturated heterocycles. The monoisotopic (exact) mass is 269 g/mol. The quantitative estimate of drug-likeness (QED) is 0.404. The van der Waals surface area contributed by atoms with Gasteiger partial charge in [0.2, 0.25) is 0 Å². The first kappa shape index (κ1) is 16.3.